The summed E-state index contributed by atoms with van der Waals surface area (Å²) in [5, 5.41) is 12.7. The van der Waals surface area contributed by atoms with Gasteiger partial charge in [0.1, 0.15) is 0 Å². The lowest BCUT2D eigenvalue weighted by Gasteiger charge is -2.35. The molecular formula is C12H25NO. The minimum absolute atomic E-state index is 0.273. The van der Waals surface area contributed by atoms with E-state index >= 15 is 0 Å². The Hall–Kier alpha value is -0.0800. The lowest BCUT2D eigenvalue weighted by Crippen LogP contribution is -2.45. The van der Waals surface area contributed by atoms with Crippen LogP contribution in [0.25, 0.3) is 0 Å². The number of hydrogen-bond acceptors (Lipinski definition) is 2. The topological polar surface area (TPSA) is 32.3 Å². The molecule has 84 valence electrons. The average molecular weight is 199 g/mol. The zero-order valence-electron chi connectivity index (χ0n) is 9.79. The summed E-state index contributed by atoms with van der Waals surface area (Å²) in [5.41, 5.74) is 0. The summed E-state index contributed by atoms with van der Waals surface area (Å²) in [5.74, 6) is 1.65. The number of hydrogen-bond donors (Lipinski definition) is 2. The maximum absolute atomic E-state index is 9.13. The highest BCUT2D eigenvalue weighted by Gasteiger charge is 2.26. The van der Waals surface area contributed by atoms with Gasteiger partial charge in [0.15, 0.2) is 0 Å². The van der Waals surface area contributed by atoms with Crippen LogP contribution in [0.5, 0.6) is 0 Å². The van der Waals surface area contributed by atoms with Crippen LogP contribution in [0.1, 0.15) is 46.5 Å². The van der Waals surface area contributed by atoms with Crippen LogP contribution in [0.2, 0.25) is 0 Å². The second kappa shape index (κ2) is 5.72. The van der Waals surface area contributed by atoms with Crippen molar-refractivity contribution < 1.29 is 5.11 Å². The second-order valence-electron chi connectivity index (χ2n) is 4.96. The Morgan fingerprint density at radius 2 is 2.07 bits per heavy atom. The van der Waals surface area contributed by atoms with Gasteiger partial charge in [-0.05, 0) is 37.5 Å². The minimum Gasteiger partial charge on any atom is -0.395 e. The lowest BCUT2D eigenvalue weighted by atomic mass is 9.79. The highest BCUT2D eigenvalue weighted by molar-refractivity contribution is 4.83. The van der Waals surface area contributed by atoms with E-state index in [1.807, 2.05) is 0 Å². The Bertz CT molecular complexity index is 156. The highest BCUT2D eigenvalue weighted by atomic mass is 16.3. The van der Waals surface area contributed by atoms with Crippen molar-refractivity contribution in [2.24, 2.45) is 11.8 Å². The molecule has 0 amide bonds. The molecule has 14 heavy (non-hydrogen) atoms. The van der Waals surface area contributed by atoms with Crippen LogP contribution >= 0.6 is 0 Å². The van der Waals surface area contributed by atoms with E-state index in [4.69, 9.17) is 5.11 Å². The molecule has 0 bridgehead atoms. The smallest absolute Gasteiger partial charge is 0.0584 e. The first-order valence-corrected chi connectivity index (χ1v) is 6.04. The molecule has 2 heteroatoms. The maximum atomic E-state index is 9.13. The van der Waals surface area contributed by atoms with Crippen LogP contribution in [0.4, 0.5) is 0 Å². The summed E-state index contributed by atoms with van der Waals surface area (Å²) in [4.78, 5) is 0. The van der Waals surface area contributed by atoms with E-state index in [-0.39, 0.29) is 6.61 Å². The molecule has 0 radical (unpaired) electrons. The van der Waals surface area contributed by atoms with Gasteiger partial charge in [0.25, 0.3) is 0 Å². The van der Waals surface area contributed by atoms with Crippen molar-refractivity contribution >= 4 is 0 Å². The van der Waals surface area contributed by atoms with Gasteiger partial charge < -0.3 is 10.4 Å². The third kappa shape index (κ3) is 3.25. The number of aliphatic hydroxyl groups excluding tert-OH is 1. The van der Waals surface area contributed by atoms with Crippen LogP contribution in [0, 0.1) is 11.8 Å². The van der Waals surface area contributed by atoms with Gasteiger partial charge in [-0.2, -0.15) is 0 Å². The molecule has 3 unspecified atom stereocenters. The van der Waals surface area contributed by atoms with Crippen molar-refractivity contribution in [3.8, 4) is 0 Å². The quantitative estimate of drug-likeness (QED) is 0.727. The molecule has 2 N–H and O–H groups in total. The fourth-order valence-corrected chi connectivity index (χ4v) is 2.52. The first-order valence-electron chi connectivity index (χ1n) is 6.04. The van der Waals surface area contributed by atoms with Crippen LogP contribution < -0.4 is 5.32 Å². The van der Waals surface area contributed by atoms with E-state index in [0.29, 0.717) is 12.1 Å². The SMILES string of the molecule is CC[C@@H](CO)NC1CCC(C)CC1C. The predicted octanol–water partition coefficient (Wildman–Crippen LogP) is 2.17. The molecule has 0 aliphatic heterocycles. The van der Waals surface area contributed by atoms with Crippen molar-refractivity contribution in [3.63, 3.8) is 0 Å². The van der Waals surface area contributed by atoms with Gasteiger partial charge in [-0.25, -0.2) is 0 Å². The molecule has 0 spiro atoms. The van der Waals surface area contributed by atoms with Gasteiger partial charge in [-0.1, -0.05) is 20.8 Å². The molecule has 0 aromatic heterocycles. The Balaban J connectivity index is 2.36. The van der Waals surface area contributed by atoms with Crippen LogP contribution in [0.15, 0.2) is 0 Å². The van der Waals surface area contributed by atoms with E-state index in [9.17, 15) is 0 Å². The Kier molecular flexibility index (Phi) is 4.90. The van der Waals surface area contributed by atoms with Crippen molar-refractivity contribution in [1.82, 2.24) is 5.32 Å². The molecule has 4 atom stereocenters. The minimum atomic E-state index is 0.273. The monoisotopic (exact) mass is 199 g/mol. The van der Waals surface area contributed by atoms with E-state index in [1.54, 1.807) is 0 Å². The van der Waals surface area contributed by atoms with E-state index < -0.39 is 0 Å². The van der Waals surface area contributed by atoms with Gasteiger partial charge in [0.2, 0.25) is 0 Å². The predicted molar refractivity (Wildman–Crippen MR) is 60.3 cm³/mol. The molecule has 1 rings (SSSR count). The van der Waals surface area contributed by atoms with Gasteiger partial charge in [-0.3, -0.25) is 0 Å². The first-order chi connectivity index (χ1) is 6.67. The summed E-state index contributed by atoms with van der Waals surface area (Å²) < 4.78 is 0. The van der Waals surface area contributed by atoms with Crippen LogP contribution in [-0.4, -0.2) is 23.8 Å². The Morgan fingerprint density at radius 3 is 2.57 bits per heavy atom. The third-order valence-electron chi connectivity index (χ3n) is 3.59. The zero-order valence-corrected chi connectivity index (χ0v) is 9.79. The first kappa shape index (κ1) is 12.0. The molecule has 1 aliphatic rings. The number of aliphatic hydroxyl groups is 1. The van der Waals surface area contributed by atoms with Gasteiger partial charge >= 0.3 is 0 Å². The number of nitrogens with one attached hydrogen (secondary N) is 1. The molecule has 1 saturated carbocycles. The van der Waals surface area contributed by atoms with Crippen molar-refractivity contribution in [3.05, 3.63) is 0 Å². The van der Waals surface area contributed by atoms with Crippen LogP contribution in [0.3, 0.4) is 0 Å². The van der Waals surface area contributed by atoms with E-state index in [2.05, 4.69) is 26.1 Å². The highest BCUT2D eigenvalue weighted by Crippen LogP contribution is 2.28. The summed E-state index contributed by atoms with van der Waals surface area (Å²) in [7, 11) is 0. The molecule has 0 heterocycles. The molecular weight excluding hydrogens is 174 g/mol. The van der Waals surface area contributed by atoms with Crippen molar-refractivity contribution in [2.75, 3.05) is 6.61 Å². The Labute approximate surface area is 88.1 Å². The fourth-order valence-electron chi connectivity index (χ4n) is 2.52. The van der Waals surface area contributed by atoms with Crippen molar-refractivity contribution in [2.45, 2.75) is 58.5 Å². The summed E-state index contributed by atoms with van der Waals surface area (Å²) >= 11 is 0. The zero-order chi connectivity index (χ0) is 10.6. The standard InChI is InChI=1S/C12H25NO/c1-4-11(8-14)13-12-6-5-9(2)7-10(12)3/h9-14H,4-8H2,1-3H3/t9?,10?,11-,12?/m0/s1. The maximum Gasteiger partial charge on any atom is 0.0584 e. The summed E-state index contributed by atoms with van der Waals surface area (Å²) in [6.07, 6.45) is 4.97. The molecule has 1 aliphatic carbocycles. The van der Waals surface area contributed by atoms with Gasteiger partial charge in [-0.15, -0.1) is 0 Å². The molecule has 0 saturated heterocycles. The fraction of sp³-hybridized carbons (Fsp3) is 1.00. The Morgan fingerprint density at radius 1 is 1.36 bits per heavy atom. The van der Waals surface area contributed by atoms with Crippen molar-refractivity contribution in [1.29, 1.82) is 0 Å². The van der Waals surface area contributed by atoms with Gasteiger partial charge in [0, 0.05) is 12.1 Å². The number of rotatable bonds is 4. The molecule has 1 fully saturated rings. The molecule has 0 aromatic carbocycles. The van der Waals surface area contributed by atoms with Gasteiger partial charge in [0.05, 0.1) is 6.61 Å². The van der Waals surface area contributed by atoms with E-state index in [0.717, 1.165) is 18.3 Å². The summed E-state index contributed by atoms with van der Waals surface area (Å²) in [6, 6.07) is 0.930. The molecule has 2 nitrogen and oxygen atoms in total. The average Bonchev–Trinajstić information content (AvgIpc) is 2.17. The third-order valence-corrected chi connectivity index (χ3v) is 3.59. The molecule has 0 aromatic rings. The van der Waals surface area contributed by atoms with Crippen LogP contribution in [-0.2, 0) is 0 Å². The largest absolute Gasteiger partial charge is 0.395 e. The second-order valence-corrected chi connectivity index (χ2v) is 4.96. The van der Waals surface area contributed by atoms with E-state index in [1.165, 1.54) is 19.3 Å². The normalized spacial score (nSPS) is 35.6. The lowest BCUT2D eigenvalue weighted by molar-refractivity contribution is 0.174. The summed E-state index contributed by atoms with van der Waals surface area (Å²) in [6.45, 7) is 7.08.